The van der Waals surface area contributed by atoms with Crippen LogP contribution in [0, 0.1) is 0 Å². The largest absolute Gasteiger partial charge is 0.310 e. The molecule has 2 aliphatic heterocycles. The quantitative estimate of drug-likeness (QED) is 0.806. The Morgan fingerprint density at radius 1 is 1.00 bits per heavy atom. The summed E-state index contributed by atoms with van der Waals surface area (Å²) in [6.07, 6.45) is 5.39. The molecule has 0 amide bonds. The lowest BCUT2D eigenvalue weighted by Gasteiger charge is -2.38. The van der Waals surface area contributed by atoms with Gasteiger partial charge < -0.3 is 15.1 Å². The fourth-order valence-corrected chi connectivity index (χ4v) is 3.22. The Hall–Kier alpha value is -0.120. The van der Waals surface area contributed by atoms with E-state index in [2.05, 4.69) is 36.0 Å². The number of likely N-dealkylation sites (N-methyl/N-ethyl adjacent to an activating group) is 1. The van der Waals surface area contributed by atoms with Gasteiger partial charge in [0.15, 0.2) is 0 Å². The smallest absolute Gasteiger partial charge is 0.0197 e. The van der Waals surface area contributed by atoms with Gasteiger partial charge in [-0.05, 0) is 66.2 Å². The van der Waals surface area contributed by atoms with Crippen molar-refractivity contribution in [2.45, 2.75) is 57.7 Å². The Bertz CT molecular complexity index is 222. The van der Waals surface area contributed by atoms with E-state index >= 15 is 0 Å². The van der Waals surface area contributed by atoms with Crippen LogP contribution < -0.4 is 5.32 Å². The first-order chi connectivity index (χ1) is 8.15. The summed E-state index contributed by atoms with van der Waals surface area (Å²) in [6.45, 7) is 9.69. The number of likely N-dealkylation sites (tertiary alicyclic amines) is 2. The van der Waals surface area contributed by atoms with E-state index in [1.807, 2.05) is 0 Å². The molecule has 0 bridgehead atoms. The van der Waals surface area contributed by atoms with Gasteiger partial charge in [-0.2, -0.15) is 0 Å². The van der Waals surface area contributed by atoms with Gasteiger partial charge in [0.2, 0.25) is 0 Å². The van der Waals surface area contributed by atoms with Gasteiger partial charge in [-0.15, -0.1) is 0 Å². The fourth-order valence-electron chi connectivity index (χ4n) is 3.22. The minimum absolute atomic E-state index is 0.719. The third-order valence-electron chi connectivity index (χ3n) is 4.36. The zero-order valence-corrected chi connectivity index (χ0v) is 11.8. The third-order valence-corrected chi connectivity index (χ3v) is 4.36. The Kier molecular flexibility index (Phi) is 4.83. The lowest BCUT2D eigenvalue weighted by molar-refractivity contribution is 0.143. The van der Waals surface area contributed by atoms with Crippen LogP contribution in [-0.4, -0.2) is 61.2 Å². The van der Waals surface area contributed by atoms with Gasteiger partial charge in [-0.3, -0.25) is 0 Å². The lowest BCUT2D eigenvalue weighted by Crippen LogP contribution is -2.52. The molecule has 100 valence electrons. The van der Waals surface area contributed by atoms with E-state index in [0.29, 0.717) is 0 Å². The first kappa shape index (κ1) is 13.3. The Balaban J connectivity index is 1.70. The summed E-state index contributed by atoms with van der Waals surface area (Å²) in [5, 5.41) is 3.88. The van der Waals surface area contributed by atoms with Gasteiger partial charge in [0.25, 0.3) is 0 Å². The number of rotatable bonds is 3. The SMILES string of the molecule is CC(C)N1CCC(NC2CCCN(C)C2)CC1. The zero-order chi connectivity index (χ0) is 12.3. The fraction of sp³-hybridized carbons (Fsp3) is 1.00. The van der Waals surface area contributed by atoms with Crippen molar-refractivity contribution in [3.05, 3.63) is 0 Å². The monoisotopic (exact) mass is 239 g/mol. The van der Waals surface area contributed by atoms with Crippen LogP contribution in [0.5, 0.6) is 0 Å². The van der Waals surface area contributed by atoms with E-state index in [0.717, 1.165) is 18.1 Å². The average Bonchev–Trinajstić information content (AvgIpc) is 2.29. The first-order valence-electron chi connectivity index (χ1n) is 7.34. The molecule has 0 aliphatic carbocycles. The van der Waals surface area contributed by atoms with E-state index in [-0.39, 0.29) is 0 Å². The van der Waals surface area contributed by atoms with Crippen molar-refractivity contribution < 1.29 is 0 Å². The normalized spacial score (nSPS) is 30.0. The summed E-state index contributed by atoms with van der Waals surface area (Å²) in [4.78, 5) is 5.07. The molecule has 0 aromatic carbocycles. The van der Waals surface area contributed by atoms with Crippen LogP contribution in [0.15, 0.2) is 0 Å². The van der Waals surface area contributed by atoms with Gasteiger partial charge in [-0.25, -0.2) is 0 Å². The molecule has 0 spiro atoms. The number of hydrogen-bond acceptors (Lipinski definition) is 3. The molecule has 2 fully saturated rings. The van der Waals surface area contributed by atoms with Crippen LogP contribution in [0.3, 0.4) is 0 Å². The second-order valence-electron chi connectivity index (χ2n) is 6.17. The summed E-state index contributed by atoms with van der Waals surface area (Å²) in [6, 6.07) is 2.22. The van der Waals surface area contributed by atoms with E-state index < -0.39 is 0 Å². The highest BCUT2D eigenvalue weighted by Crippen LogP contribution is 2.16. The molecule has 1 atom stereocenters. The van der Waals surface area contributed by atoms with E-state index in [1.165, 1.54) is 51.9 Å². The number of hydrogen-bond donors (Lipinski definition) is 1. The molecular formula is C14H29N3. The molecule has 2 aliphatic rings. The second kappa shape index (κ2) is 6.17. The van der Waals surface area contributed by atoms with Crippen molar-refractivity contribution >= 4 is 0 Å². The number of nitrogens with one attached hydrogen (secondary N) is 1. The number of piperidine rings is 2. The molecule has 2 saturated heterocycles. The zero-order valence-electron chi connectivity index (χ0n) is 11.8. The summed E-state index contributed by atoms with van der Waals surface area (Å²) in [7, 11) is 2.25. The van der Waals surface area contributed by atoms with Crippen molar-refractivity contribution in [2.75, 3.05) is 33.2 Å². The third kappa shape index (κ3) is 3.94. The molecule has 0 aromatic rings. The Morgan fingerprint density at radius 3 is 2.29 bits per heavy atom. The van der Waals surface area contributed by atoms with Crippen molar-refractivity contribution in [1.82, 2.24) is 15.1 Å². The minimum Gasteiger partial charge on any atom is -0.310 e. The van der Waals surface area contributed by atoms with Crippen molar-refractivity contribution in [1.29, 1.82) is 0 Å². The highest BCUT2D eigenvalue weighted by Gasteiger charge is 2.24. The molecule has 0 radical (unpaired) electrons. The van der Waals surface area contributed by atoms with Crippen LogP contribution >= 0.6 is 0 Å². The van der Waals surface area contributed by atoms with Crippen molar-refractivity contribution in [2.24, 2.45) is 0 Å². The van der Waals surface area contributed by atoms with Crippen LogP contribution in [0.4, 0.5) is 0 Å². The highest BCUT2D eigenvalue weighted by atomic mass is 15.2. The van der Waals surface area contributed by atoms with Gasteiger partial charge in [0, 0.05) is 24.7 Å². The van der Waals surface area contributed by atoms with E-state index in [4.69, 9.17) is 0 Å². The van der Waals surface area contributed by atoms with Gasteiger partial charge in [-0.1, -0.05) is 0 Å². The van der Waals surface area contributed by atoms with Gasteiger partial charge in [0.05, 0.1) is 0 Å². The maximum absolute atomic E-state index is 3.88. The van der Waals surface area contributed by atoms with Crippen LogP contribution in [0.1, 0.15) is 39.5 Å². The predicted octanol–water partition coefficient (Wildman–Crippen LogP) is 1.54. The topological polar surface area (TPSA) is 18.5 Å². The summed E-state index contributed by atoms with van der Waals surface area (Å²) in [5.74, 6) is 0. The molecular weight excluding hydrogens is 210 g/mol. The molecule has 3 nitrogen and oxygen atoms in total. The molecule has 3 heteroatoms. The second-order valence-corrected chi connectivity index (χ2v) is 6.17. The van der Waals surface area contributed by atoms with Crippen LogP contribution in [-0.2, 0) is 0 Å². The minimum atomic E-state index is 0.719. The van der Waals surface area contributed by atoms with Gasteiger partial charge >= 0.3 is 0 Å². The average molecular weight is 239 g/mol. The molecule has 0 aromatic heterocycles. The maximum Gasteiger partial charge on any atom is 0.0197 e. The summed E-state index contributed by atoms with van der Waals surface area (Å²) in [5.41, 5.74) is 0. The molecule has 1 N–H and O–H groups in total. The highest BCUT2D eigenvalue weighted by molar-refractivity contribution is 4.84. The van der Waals surface area contributed by atoms with Crippen molar-refractivity contribution in [3.63, 3.8) is 0 Å². The molecule has 0 saturated carbocycles. The molecule has 1 unspecified atom stereocenters. The summed E-state index contributed by atoms with van der Waals surface area (Å²) < 4.78 is 0. The molecule has 2 heterocycles. The summed E-state index contributed by atoms with van der Waals surface area (Å²) >= 11 is 0. The Morgan fingerprint density at radius 2 is 1.71 bits per heavy atom. The lowest BCUT2D eigenvalue weighted by atomic mass is 10.00. The molecule has 17 heavy (non-hydrogen) atoms. The maximum atomic E-state index is 3.88. The predicted molar refractivity (Wildman–Crippen MR) is 73.4 cm³/mol. The van der Waals surface area contributed by atoms with E-state index in [9.17, 15) is 0 Å². The number of nitrogens with zero attached hydrogens (tertiary/aromatic N) is 2. The molecule has 2 rings (SSSR count). The van der Waals surface area contributed by atoms with Crippen molar-refractivity contribution in [3.8, 4) is 0 Å². The van der Waals surface area contributed by atoms with E-state index in [1.54, 1.807) is 0 Å². The van der Waals surface area contributed by atoms with Crippen LogP contribution in [0.25, 0.3) is 0 Å². The van der Waals surface area contributed by atoms with Crippen LogP contribution in [0.2, 0.25) is 0 Å². The first-order valence-corrected chi connectivity index (χ1v) is 7.34. The van der Waals surface area contributed by atoms with Gasteiger partial charge in [0.1, 0.15) is 0 Å². The standard InChI is InChI=1S/C14H29N3/c1-12(2)17-9-6-13(7-10-17)15-14-5-4-8-16(3)11-14/h12-15H,4-11H2,1-3H3. The Labute approximate surface area is 107 Å².